The molecule has 1 nitrogen and oxygen atoms in total. The van der Waals surface area contributed by atoms with E-state index in [-0.39, 0.29) is 4.90 Å². The first kappa shape index (κ1) is 16.5. The third-order valence-corrected chi connectivity index (χ3v) is 4.48. The molecule has 0 bridgehead atoms. The summed E-state index contributed by atoms with van der Waals surface area (Å²) in [6.07, 6.45) is 0.989. The lowest BCUT2D eigenvalue weighted by atomic mass is 10.2. The SMILES string of the molecule is CCCNCc1cc(F)c(Sc2ccc(Br)cc2)c(F)c1. The third kappa shape index (κ3) is 4.80. The van der Waals surface area contributed by atoms with Crippen LogP contribution in [0.25, 0.3) is 0 Å². The summed E-state index contributed by atoms with van der Waals surface area (Å²) in [7, 11) is 0. The largest absolute Gasteiger partial charge is 0.313 e. The molecule has 0 unspecified atom stereocenters. The Bertz CT molecular complexity index is 579. The van der Waals surface area contributed by atoms with Crippen molar-refractivity contribution in [3.8, 4) is 0 Å². The van der Waals surface area contributed by atoms with Gasteiger partial charge in [-0.2, -0.15) is 0 Å². The van der Waals surface area contributed by atoms with Gasteiger partial charge in [0.2, 0.25) is 0 Å². The topological polar surface area (TPSA) is 12.0 Å². The highest BCUT2D eigenvalue weighted by atomic mass is 79.9. The van der Waals surface area contributed by atoms with E-state index in [4.69, 9.17) is 0 Å². The van der Waals surface area contributed by atoms with Crippen molar-refractivity contribution < 1.29 is 8.78 Å². The fourth-order valence-electron chi connectivity index (χ4n) is 1.84. The molecular formula is C16H16BrF2NS. The van der Waals surface area contributed by atoms with Crippen LogP contribution in [0.2, 0.25) is 0 Å². The molecule has 0 aliphatic rings. The maximum Gasteiger partial charge on any atom is 0.140 e. The van der Waals surface area contributed by atoms with Gasteiger partial charge >= 0.3 is 0 Å². The van der Waals surface area contributed by atoms with E-state index in [9.17, 15) is 8.78 Å². The van der Waals surface area contributed by atoms with Crippen LogP contribution in [0.5, 0.6) is 0 Å². The van der Waals surface area contributed by atoms with E-state index >= 15 is 0 Å². The van der Waals surface area contributed by atoms with Gasteiger partial charge in [0.1, 0.15) is 11.6 Å². The second-order valence-corrected chi connectivity index (χ2v) is 6.62. The second-order valence-electron chi connectivity index (χ2n) is 4.62. The molecule has 21 heavy (non-hydrogen) atoms. The smallest absolute Gasteiger partial charge is 0.140 e. The van der Waals surface area contributed by atoms with Crippen molar-refractivity contribution >= 4 is 27.7 Å². The van der Waals surface area contributed by atoms with Crippen LogP contribution in [-0.4, -0.2) is 6.54 Å². The minimum Gasteiger partial charge on any atom is -0.313 e. The van der Waals surface area contributed by atoms with Crippen LogP contribution in [0.15, 0.2) is 50.7 Å². The molecule has 0 atom stereocenters. The maximum absolute atomic E-state index is 14.1. The number of rotatable bonds is 6. The minimum absolute atomic E-state index is 0.0385. The van der Waals surface area contributed by atoms with Crippen LogP contribution in [0.3, 0.4) is 0 Å². The first-order valence-corrected chi connectivity index (χ1v) is 8.33. The summed E-state index contributed by atoms with van der Waals surface area (Å²) in [4.78, 5) is 0.837. The van der Waals surface area contributed by atoms with Gasteiger partial charge in [0.05, 0.1) is 4.90 Å². The molecule has 0 amide bonds. The summed E-state index contributed by atoms with van der Waals surface area (Å²) >= 11 is 4.43. The van der Waals surface area contributed by atoms with Gasteiger partial charge in [0.15, 0.2) is 0 Å². The zero-order valence-electron chi connectivity index (χ0n) is 11.6. The summed E-state index contributed by atoms with van der Waals surface area (Å²) in [5.41, 5.74) is 0.624. The van der Waals surface area contributed by atoms with Crippen molar-refractivity contribution in [3.05, 3.63) is 58.1 Å². The lowest BCUT2D eigenvalue weighted by Crippen LogP contribution is -2.14. The van der Waals surface area contributed by atoms with Crippen LogP contribution in [0.1, 0.15) is 18.9 Å². The van der Waals surface area contributed by atoms with Crippen molar-refractivity contribution in [1.82, 2.24) is 5.32 Å². The third-order valence-electron chi connectivity index (χ3n) is 2.85. The van der Waals surface area contributed by atoms with Gasteiger partial charge in [-0.15, -0.1) is 0 Å². The minimum atomic E-state index is -0.517. The molecule has 2 aromatic rings. The molecule has 0 aliphatic carbocycles. The molecule has 2 rings (SSSR count). The Morgan fingerprint density at radius 3 is 2.29 bits per heavy atom. The molecule has 5 heteroatoms. The van der Waals surface area contributed by atoms with Crippen molar-refractivity contribution in [2.75, 3.05) is 6.54 Å². The Hall–Kier alpha value is -0.910. The van der Waals surface area contributed by atoms with Crippen LogP contribution in [-0.2, 0) is 6.54 Å². The molecule has 0 fully saturated rings. The standard InChI is InChI=1S/C16H16BrF2NS/c1-2-7-20-10-11-8-14(18)16(15(19)9-11)21-13-5-3-12(17)4-6-13/h3-6,8-9,20H,2,7,10H2,1H3. The fraction of sp³-hybridized carbons (Fsp3) is 0.250. The molecule has 2 aromatic carbocycles. The van der Waals surface area contributed by atoms with Crippen LogP contribution in [0.4, 0.5) is 8.78 Å². The van der Waals surface area contributed by atoms with Gasteiger partial charge in [-0.25, -0.2) is 8.78 Å². The van der Waals surface area contributed by atoms with Gasteiger partial charge in [0, 0.05) is 15.9 Å². The van der Waals surface area contributed by atoms with Crippen molar-refractivity contribution in [3.63, 3.8) is 0 Å². The van der Waals surface area contributed by atoms with Crippen molar-refractivity contribution in [2.24, 2.45) is 0 Å². The number of halogens is 3. The molecule has 0 aliphatic heterocycles. The fourth-order valence-corrected chi connectivity index (χ4v) is 2.93. The highest BCUT2D eigenvalue weighted by molar-refractivity contribution is 9.10. The zero-order chi connectivity index (χ0) is 15.2. The number of nitrogens with one attached hydrogen (secondary N) is 1. The van der Waals surface area contributed by atoms with Gasteiger partial charge in [-0.3, -0.25) is 0 Å². The summed E-state index contributed by atoms with van der Waals surface area (Å²) in [5.74, 6) is -1.03. The van der Waals surface area contributed by atoms with Gasteiger partial charge in [0.25, 0.3) is 0 Å². The lowest BCUT2D eigenvalue weighted by Gasteiger charge is -2.09. The molecular weight excluding hydrogens is 356 g/mol. The average Bonchev–Trinajstić information content (AvgIpc) is 2.45. The van der Waals surface area contributed by atoms with Gasteiger partial charge < -0.3 is 5.32 Å². The second kappa shape index (κ2) is 7.92. The lowest BCUT2D eigenvalue weighted by molar-refractivity contribution is 0.534. The number of benzene rings is 2. The van der Waals surface area contributed by atoms with Crippen LogP contribution >= 0.6 is 27.7 Å². The maximum atomic E-state index is 14.1. The van der Waals surface area contributed by atoms with Crippen molar-refractivity contribution in [1.29, 1.82) is 0 Å². The Morgan fingerprint density at radius 1 is 1.10 bits per heavy atom. The van der Waals surface area contributed by atoms with E-state index < -0.39 is 11.6 Å². The first-order chi connectivity index (χ1) is 10.1. The van der Waals surface area contributed by atoms with E-state index in [2.05, 4.69) is 21.2 Å². The van der Waals surface area contributed by atoms with E-state index in [0.717, 1.165) is 34.1 Å². The summed E-state index contributed by atoms with van der Waals surface area (Å²) in [6.45, 7) is 3.36. The summed E-state index contributed by atoms with van der Waals surface area (Å²) in [6, 6.07) is 10.1. The Balaban J connectivity index is 2.14. The predicted molar refractivity (Wildman–Crippen MR) is 86.6 cm³/mol. The Morgan fingerprint density at radius 2 is 1.71 bits per heavy atom. The predicted octanol–water partition coefficient (Wildman–Crippen LogP) is 5.38. The van der Waals surface area contributed by atoms with E-state index in [0.29, 0.717) is 12.1 Å². The number of hydrogen-bond donors (Lipinski definition) is 1. The van der Waals surface area contributed by atoms with Gasteiger partial charge in [-0.05, 0) is 54.9 Å². The van der Waals surface area contributed by atoms with E-state index in [1.807, 2.05) is 31.2 Å². The molecule has 0 heterocycles. The highest BCUT2D eigenvalue weighted by Crippen LogP contribution is 2.33. The van der Waals surface area contributed by atoms with Crippen molar-refractivity contribution in [2.45, 2.75) is 29.7 Å². The normalized spacial score (nSPS) is 10.9. The quantitative estimate of drug-likeness (QED) is 0.684. The van der Waals surface area contributed by atoms with Crippen LogP contribution < -0.4 is 5.32 Å². The average molecular weight is 372 g/mol. The molecule has 0 saturated heterocycles. The number of hydrogen-bond acceptors (Lipinski definition) is 2. The van der Waals surface area contributed by atoms with E-state index in [1.54, 1.807) is 0 Å². The Labute approximate surface area is 136 Å². The molecule has 0 spiro atoms. The van der Waals surface area contributed by atoms with Gasteiger partial charge in [-0.1, -0.05) is 34.6 Å². The molecule has 0 aromatic heterocycles. The molecule has 112 valence electrons. The molecule has 0 radical (unpaired) electrons. The first-order valence-electron chi connectivity index (χ1n) is 6.72. The highest BCUT2D eigenvalue weighted by Gasteiger charge is 2.12. The summed E-state index contributed by atoms with van der Waals surface area (Å²) < 4.78 is 29.1. The Kier molecular flexibility index (Phi) is 6.21. The zero-order valence-corrected chi connectivity index (χ0v) is 14.0. The molecule has 0 saturated carbocycles. The summed E-state index contributed by atoms with van der Waals surface area (Å²) in [5, 5.41) is 3.14. The van der Waals surface area contributed by atoms with Crippen LogP contribution in [0, 0.1) is 11.6 Å². The van der Waals surface area contributed by atoms with E-state index in [1.165, 1.54) is 12.1 Å². The molecule has 1 N–H and O–H groups in total. The monoisotopic (exact) mass is 371 g/mol.